The normalized spacial score (nSPS) is 11.9. The molecule has 1 aromatic heterocycles. The van der Waals surface area contributed by atoms with Crippen molar-refractivity contribution < 1.29 is 17.6 Å². The van der Waals surface area contributed by atoms with Crippen molar-refractivity contribution in [3.8, 4) is 11.3 Å². The van der Waals surface area contributed by atoms with Crippen molar-refractivity contribution in [1.29, 1.82) is 0 Å². The third-order valence-electron chi connectivity index (χ3n) is 2.55. The van der Waals surface area contributed by atoms with Crippen LogP contribution in [0.3, 0.4) is 0 Å². The Morgan fingerprint density at radius 2 is 1.23 bits per heavy atom. The van der Waals surface area contributed by atoms with Gasteiger partial charge in [-0.3, -0.25) is 0 Å². The molecule has 0 radical (unpaired) electrons. The van der Waals surface area contributed by atoms with Crippen LogP contribution in [0.4, 0.5) is 17.6 Å². The molecule has 0 aliphatic heterocycles. The van der Waals surface area contributed by atoms with Gasteiger partial charge in [-0.2, -0.15) is 13.2 Å². The lowest BCUT2D eigenvalue weighted by atomic mass is 10.1. The van der Waals surface area contributed by atoms with E-state index in [4.69, 9.17) is 58.0 Å². The molecule has 0 aliphatic rings. The Balaban J connectivity index is 2.81. The van der Waals surface area contributed by atoms with Gasteiger partial charge in [-0.05, 0) is 0 Å². The number of benzene rings is 1. The average Bonchev–Trinajstić information content (AvgIpc) is 2.42. The number of pyridine rings is 1. The van der Waals surface area contributed by atoms with Gasteiger partial charge in [0.05, 0.1) is 30.8 Å². The van der Waals surface area contributed by atoms with Gasteiger partial charge in [0.1, 0.15) is 11.5 Å². The van der Waals surface area contributed by atoms with Gasteiger partial charge in [0, 0.05) is 17.7 Å². The van der Waals surface area contributed by atoms with E-state index in [-0.39, 0.29) is 36.7 Å². The summed E-state index contributed by atoms with van der Waals surface area (Å²) >= 11 is 29.3. The Kier molecular flexibility index (Phi) is 5.05. The predicted molar refractivity (Wildman–Crippen MR) is 79.7 cm³/mol. The fraction of sp³-hybridized carbons (Fsp3) is 0.0833. The molecule has 1 aromatic carbocycles. The van der Waals surface area contributed by atoms with E-state index in [9.17, 15) is 17.6 Å². The van der Waals surface area contributed by atoms with Crippen molar-refractivity contribution in [2.24, 2.45) is 0 Å². The number of hydrogen-bond acceptors (Lipinski definition) is 1. The van der Waals surface area contributed by atoms with Gasteiger partial charge in [-0.15, -0.1) is 0 Å². The van der Waals surface area contributed by atoms with Crippen molar-refractivity contribution >= 4 is 58.0 Å². The van der Waals surface area contributed by atoms with E-state index in [1.165, 1.54) is 0 Å². The summed E-state index contributed by atoms with van der Waals surface area (Å²) < 4.78 is 51.6. The summed E-state index contributed by atoms with van der Waals surface area (Å²) in [5, 5.41) is -1.20. The van der Waals surface area contributed by atoms with Crippen LogP contribution in [0.15, 0.2) is 12.1 Å². The molecule has 118 valence electrons. The summed E-state index contributed by atoms with van der Waals surface area (Å²) in [7, 11) is 0. The minimum absolute atomic E-state index is 0.172. The fourth-order valence-corrected chi connectivity index (χ4v) is 2.93. The summed E-state index contributed by atoms with van der Waals surface area (Å²) in [5.74, 6) is -1.17. The lowest BCUT2D eigenvalue weighted by Crippen LogP contribution is -2.09. The second-order valence-electron chi connectivity index (χ2n) is 4.00. The number of halogens is 9. The Bertz CT molecular complexity index is 731. The van der Waals surface area contributed by atoms with Crippen molar-refractivity contribution in [2.45, 2.75) is 6.18 Å². The molecule has 10 heteroatoms. The van der Waals surface area contributed by atoms with Crippen LogP contribution in [-0.2, 0) is 6.18 Å². The summed E-state index contributed by atoms with van der Waals surface area (Å²) in [4.78, 5) is 3.31. The number of alkyl halides is 3. The fourth-order valence-electron chi connectivity index (χ4n) is 1.60. The standard InChI is InChI=1S/C12H2Cl5F4N/c13-7-6(8(14)10(16)11(17)9(7)15)4-1-3(18)2-5(22-4)12(19,20)21/h1-2H. The van der Waals surface area contributed by atoms with Crippen molar-refractivity contribution in [3.63, 3.8) is 0 Å². The third kappa shape index (κ3) is 3.24. The summed E-state index contributed by atoms with van der Waals surface area (Å²) in [6.45, 7) is 0. The van der Waals surface area contributed by atoms with E-state index in [1.54, 1.807) is 0 Å². The molecule has 0 unspecified atom stereocenters. The quantitative estimate of drug-likeness (QED) is 0.274. The summed E-state index contributed by atoms with van der Waals surface area (Å²) in [6.07, 6.45) is -4.85. The SMILES string of the molecule is Fc1cc(-c2c(Cl)c(Cl)c(Cl)c(Cl)c2Cl)nc(C(F)(F)F)c1. The van der Waals surface area contributed by atoms with Gasteiger partial charge >= 0.3 is 6.18 Å². The zero-order valence-electron chi connectivity index (χ0n) is 10.0. The Hall–Kier alpha value is -0.460. The molecule has 1 nitrogen and oxygen atoms in total. The molecule has 22 heavy (non-hydrogen) atoms. The minimum atomic E-state index is -4.85. The van der Waals surface area contributed by atoms with Gasteiger partial charge in [0.2, 0.25) is 0 Å². The molecule has 1 heterocycles. The second-order valence-corrected chi connectivity index (χ2v) is 5.89. The molecule has 0 bridgehead atoms. The predicted octanol–water partition coefficient (Wildman–Crippen LogP) is 7.17. The van der Waals surface area contributed by atoms with Crippen LogP contribution >= 0.6 is 58.0 Å². The number of rotatable bonds is 1. The van der Waals surface area contributed by atoms with Crippen LogP contribution in [0, 0.1) is 5.82 Å². The first-order valence-corrected chi connectivity index (χ1v) is 7.19. The van der Waals surface area contributed by atoms with E-state index in [2.05, 4.69) is 4.98 Å². The van der Waals surface area contributed by atoms with Gasteiger partial charge in [0.25, 0.3) is 0 Å². The highest BCUT2D eigenvalue weighted by Gasteiger charge is 2.34. The van der Waals surface area contributed by atoms with Crippen molar-refractivity contribution in [1.82, 2.24) is 4.98 Å². The molecule has 0 fully saturated rings. The average molecular weight is 413 g/mol. The zero-order chi connectivity index (χ0) is 16.8. The lowest BCUT2D eigenvalue weighted by Gasteiger charge is -2.14. The Morgan fingerprint density at radius 3 is 1.68 bits per heavy atom. The summed E-state index contributed by atoms with van der Waals surface area (Å²) in [6, 6.07) is 0.966. The molecule has 2 aromatic rings. The molecule has 0 N–H and O–H groups in total. The molecule has 0 amide bonds. The molecule has 0 atom stereocenters. The van der Waals surface area contributed by atoms with Gasteiger partial charge in [0.15, 0.2) is 0 Å². The lowest BCUT2D eigenvalue weighted by molar-refractivity contribution is -0.141. The van der Waals surface area contributed by atoms with E-state index in [1.807, 2.05) is 0 Å². The molecule has 2 rings (SSSR count). The van der Waals surface area contributed by atoms with E-state index >= 15 is 0 Å². The van der Waals surface area contributed by atoms with E-state index in [0.29, 0.717) is 0 Å². The van der Waals surface area contributed by atoms with Crippen LogP contribution in [0.1, 0.15) is 5.69 Å². The van der Waals surface area contributed by atoms with Gasteiger partial charge in [-0.1, -0.05) is 58.0 Å². The van der Waals surface area contributed by atoms with Crippen molar-refractivity contribution in [2.75, 3.05) is 0 Å². The van der Waals surface area contributed by atoms with Crippen LogP contribution in [0.5, 0.6) is 0 Å². The number of nitrogens with zero attached hydrogens (tertiary/aromatic N) is 1. The first-order chi connectivity index (χ1) is 10.0. The molecule has 0 aliphatic carbocycles. The summed E-state index contributed by atoms with van der Waals surface area (Å²) in [5.41, 5.74) is -2.16. The monoisotopic (exact) mass is 411 g/mol. The first-order valence-electron chi connectivity index (χ1n) is 5.30. The van der Waals surface area contributed by atoms with Crippen LogP contribution < -0.4 is 0 Å². The zero-order valence-corrected chi connectivity index (χ0v) is 13.8. The maximum Gasteiger partial charge on any atom is 0.433 e. The maximum absolute atomic E-state index is 13.5. The highest BCUT2D eigenvalue weighted by Crippen LogP contribution is 2.48. The molecule has 0 saturated heterocycles. The second kappa shape index (κ2) is 6.21. The first kappa shape index (κ1) is 17.9. The molecule has 0 spiro atoms. The molecule has 0 saturated carbocycles. The van der Waals surface area contributed by atoms with Crippen LogP contribution in [0.2, 0.25) is 25.1 Å². The van der Waals surface area contributed by atoms with E-state index in [0.717, 1.165) is 6.07 Å². The topological polar surface area (TPSA) is 12.9 Å². The smallest absolute Gasteiger partial charge is 0.243 e. The van der Waals surface area contributed by atoms with Crippen LogP contribution in [-0.4, -0.2) is 4.98 Å². The molecular weight excluding hydrogens is 411 g/mol. The van der Waals surface area contributed by atoms with Gasteiger partial charge < -0.3 is 0 Å². The Labute approximate surface area is 146 Å². The maximum atomic E-state index is 13.5. The van der Waals surface area contributed by atoms with Gasteiger partial charge in [-0.25, -0.2) is 9.37 Å². The minimum Gasteiger partial charge on any atom is -0.243 e. The molecular formula is C12H2Cl5F4N. The van der Waals surface area contributed by atoms with Crippen LogP contribution in [0.25, 0.3) is 11.3 Å². The Morgan fingerprint density at radius 1 is 0.773 bits per heavy atom. The number of hydrogen-bond donors (Lipinski definition) is 0. The van der Waals surface area contributed by atoms with Crippen molar-refractivity contribution in [3.05, 3.63) is 48.8 Å². The number of aromatic nitrogens is 1. The highest BCUT2D eigenvalue weighted by atomic mass is 35.5. The van der Waals surface area contributed by atoms with E-state index < -0.39 is 23.4 Å². The largest absolute Gasteiger partial charge is 0.433 e. The highest BCUT2D eigenvalue weighted by molar-refractivity contribution is 6.56. The third-order valence-corrected chi connectivity index (χ3v) is 4.82.